The van der Waals surface area contributed by atoms with Crippen LogP contribution >= 0.6 is 0 Å². The summed E-state index contributed by atoms with van der Waals surface area (Å²) in [6.45, 7) is 0. The first-order chi connectivity index (χ1) is 19.2. The van der Waals surface area contributed by atoms with Crippen LogP contribution in [0.1, 0.15) is 11.4 Å². The molecule has 0 bridgehead atoms. The van der Waals surface area contributed by atoms with Crippen molar-refractivity contribution in [1.82, 2.24) is 9.97 Å². The van der Waals surface area contributed by atoms with E-state index in [0.717, 1.165) is 29.2 Å². The molecular formula is C25H18N4O9S3. The van der Waals surface area contributed by atoms with Gasteiger partial charge in [-0.1, -0.05) is 36.4 Å². The van der Waals surface area contributed by atoms with E-state index in [9.17, 15) is 38.9 Å². The second-order valence-electron chi connectivity index (χ2n) is 8.62. The summed E-state index contributed by atoms with van der Waals surface area (Å²) in [5, 5.41) is 7.10. The van der Waals surface area contributed by atoms with E-state index >= 15 is 0 Å². The average Bonchev–Trinajstić information content (AvgIpc) is 3.31. The molecule has 0 fully saturated rings. The molecule has 5 aromatic rings. The van der Waals surface area contributed by atoms with Gasteiger partial charge in [-0.25, -0.2) is 4.98 Å². The van der Waals surface area contributed by atoms with Gasteiger partial charge in [0.05, 0.1) is 21.6 Å². The Morgan fingerprint density at radius 3 is 2.10 bits per heavy atom. The topological polar surface area (TPSA) is 217 Å². The number of nitrogens with zero attached hydrogens (tertiary/aromatic N) is 3. The van der Waals surface area contributed by atoms with Crippen molar-refractivity contribution in [2.75, 3.05) is 0 Å². The molecule has 4 N–H and O–H groups in total. The lowest BCUT2D eigenvalue weighted by Gasteiger charge is -2.11. The molecule has 0 saturated heterocycles. The predicted octanol–water partition coefficient (Wildman–Crippen LogP) is 5.04. The van der Waals surface area contributed by atoms with Crippen molar-refractivity contribution < 1.29 is 38.9 Å². The molecule has 0 aliphatic rings. The van der Waals surface area contributed by atoms with Gasteiger partial charge in [0.1, 0.15) is 21.3 Å². The van der Waals surface area contributed by atoms with Gasteiger partial charge in [-0.05, 0) is 54.1 Å². The summed E-state index contributed by atoms with van der Waals surface area (Å²) >= 11 is 0. The van der Waals surface area contributed by atoms with Crippen molar-refractivity contribution >= 4 is 75.7 Å². The fraction of sp³-hybridized carbons (Fsp3) is 0. The monoisotopic (exact) mass is 614 g/mol. The summed E-state index contributed by atoms with van der Waals surface area (Å²) in [6, 6.07) is 16.9. The van der Waals surface area contributed by atoms with Gasteiger partial charge in [-0.3, -0.25) is 13.7 Å². The maximum atomic E-state index is 12.1. The van der Waals surface area contributed by atoms with Gasteiger partial charge in [0, 0.05) is 10.8 Å². The zero-order valence-electron chi connectivity index (χ0n) is 20.4. The first kappa shape index (κ1) is 28.2. The number of benzene rings is 4. The number of fused-ring (bicyclic) bond motifs is 2. The summed E-state index contributed by atoms with van der Waals surface area (Å²) in [7, 11) is -15.1. The van der Waals surface area contributed by atoms with Crippen LogP contribution in [-0.2, 0) is 30.4 Å². The number of para-hydroxylation sites is 2. The molecule has 16 heteroatoms. The summed E-state index contributed by atoms with van der Waals surface area (Å²) in [5.74, 6) is 0.594. The minimum absolute atomic E-state index is 0.205. The second-order valence-corrected chi connectivity index (χ2v) is 12.8. The van der Waals surface area contributed by atoms with E-state index < -0.39 is 56.1 Å². The van der Waals surface area contributed by atoms with Crippen molar-refractivity contribution in [3.8, 4) is 0 Å². The van der Waals surface area contributed by atoms with Gasteiger partial charge in [0.2, 0.25) is 0 Å². The van der Waals surface area contributed by atoms with E-state index in [0.29, 0.717) is 17.5 Å². The fourth-order valence-electron chi connectivity index (χ4n) is 4.04. The van der Waals surface area contributed by atoms with Crippen LogP contribution < -0.4 is 0 Å². The molecule has 210 valence electrons. The quantitative estimate of drug-likeness (QED) is 0.141. The molecule has 0 amide bonds. The number of hydrogen-bond acceptors (Lipinski definition) is 9. The SMILES string of the molecule is O=S(=O)(O)c1cc(S(=O)(=O)O)c2ccc(S(=O)(=O)O)c(N=Nc3cccc(C=Cc4nc5ccccc5[nH]4)c3)c2c1. The second kappa shape index (κ2) is 10.3. The lowest BCUT2D eigenvalue weighted by Crippen LogP contribution is -2.05. The highest BCUT2D eigenvalue weighted by Crippen LogP contribution is 2.38. The van der Waals surface area contributed by atoms with E-state index in [-0.39, 0.29) is 11.1 Å². The van der Waals surface area contributed by atoms with Crippen LogP contribution in [0.4, 0.5) is 11.4 Å². The lowest BCUT2D eigenvalue weighted by molar-refractivity contribution is 0.480. The van der Waals surface area contributed by atoms with Crippen molar-refractivity contribution in [1.29, 1.82) is 0 Å². The number of azo groups is 1. The first-order valence-electron chi connectivity index (χ1n) is 11.4. The zero-order valence-corrected chi connectivity index (χ0v) is 22.9. The molecule has 0 aliphatic heterocycles. The van der Waals surface area contributed by atoms with Crippen molar-refractivity contribution in [3.63, 3.8) is 0 Å². The fourth-order valence-corrected chi connectivity index (χ4v) is 6.01. The van der Waals surface area contributed by atoms with E-state index in [4.69, 9.17) is 0 Å². The lowest BCUT2D eigenvalue weighted by atomic mass is 10.1. The van der Waals surface area contributed by atoms with E-state index in [1.165, 1.54) is 6.07 Å². The maximum Gasteiger partial charge on any atom is 0.296 e. The minimum Gasteiger partial charge on any atom is -0.338 e. The highest BCUT2D eigenvalue weighted by atomic mass is 32.2. The Hall–Kier alpha value is -4.32. The number of aromatic nitrogens is 2. The summed E-state index contributed by atoms with van der Waals surface area (Å²) in [4.78, 5) is 4.85. The molecule has 0 atom stereocenters. The van der Waals surface area contributed by atoms with Gasteiger partial charge in [0.25, 0.3) is 30.4 Å². The largest absolute Gasteiger partial charge is 0.338 e. The van der Waals surface area contributed by atoms with Crippen LogP contribution in [0.2, 0.25) is 0 Å². The Morgan fingerprint density at radius 2 is 1.41 bits per heavy atom. The number of H-pyrrole nitrogens is 1. The molecule has 13 nitrogen and oxygen atoms in total. The molecule has 4 aromatic carbocycles. The third kappa shape index (κ3) is 6.07. The van der Waals surface area contributed by atoms with Crippen LogP contribution in [0, 0.1) is 0 Å². The third-order valence-corrected chi connectivity index (χ3v) is 8.45. The number of imidazole rings is 1. The highest BCUT2D eigenvalue weighted by Gasteiger charge is 2.25. The van der Waals surface area contributed by atoms with Crippen molar-refractivity contribution in [2.45, 2.75) is 14.7 Å². The number of nitrogens with one attached hydrogen (secondary N) is 1. The molecule has 0 unspecified atom stereocenters. The number of rotatable bonds is 7. The molecule has 0 saturated carbocycles. The Morgan fingerprint density at radius 1 is 0.683 bits per heavy atom. The molecule has 0 spiro atoms. The molecule has 41 heavy (non-hydrogen) atoms. The summed E-state index contributed by atoms with van der Waals surface area (Å²) in [5.41, 5.74) is 1.86. The molecule has 0 aliphatic carbocycles. The zero-order chi connectivity index (χ0) is 29.6. The van der Waals surface area contributed by atoms with Gasteiger partial charge in [-0.15, -0.1) is 5.11 Å². The van der Waals surface area contributed by atoms with Crippen LogP contribution in [-0.4, -0.2) is 48.9 Å². The Labute approximate surface area is 233 Å². The Bertz CT molecular complexity index is 2210. The normalized spacial score (nSPS) is 13.1. The van der Waals surface area contributed by atoms with Crippen LogP contribution in [0.5, 0.6) is 0 Å². The third-order valence-electron chi connectivity index (χ3n) is 5.84. The van der Waals surface area contributed by atoms with Crippen molar-refractivity contribution in [3.05, 3.63) is 84.2 Å². The smallest absolute Gasteiger partial charge is 0.296 e. The van der Waals surface area contributed by atoms with E-state index in [2.05, 4.69) is 20.2 Å². The number of hydrogen-bond donors (Lipinski definition) is 4. The van der Waals surface area contributed by atoms with E-state index in [1.54, 1.807) is 30.4 Å². The summed E-state index contributed by atoms with van der Waals surface area (Å²) < 4.78 is 101. The Balaban J connectivity index is 1.62. The molecular weight excluding hydrogens is 596 g/mol. The minimum atomic E-state index is -5.06. The highest BCUT2D eigenvalue weighted by molar-refractivity contribution is 7.87. The van der Waals surface area contributed by atoms with Crippen molar-refractivity contribution in [2.24, 2.45) is 10.2 Å². The predicted molar refractivity (Wildman–Crippen MR) is 149 cm³/mol. The van der Waals surface area contributed by atoms with Gasteiger partial charge >= 0.3 is 0 Å². The maximum absolute atomic E-state index is 12.1. The van der Waals surface area contributed by atoms with Crippen LogP contribution in [0.15, 0.2) is 97.7 Å². The first-order valence-corrected chi connectivity index (χ1v) is 15.7. The van der Waals surface area contributed by atoms with Crippen LogP contribution in [0.3, 0.4) is 0 Å². The molecule has 1 heterocycles. The van der Waals surface area contributed by atoms with Gasteiger partial charge in [0.15, 0.2) is 0 Å². The molecule has 0 radical (unpaired) electrons. The molecule has 5 rings (SSSR count). The van der Waals surface area contributed by atoms with Gasteiger partial charge < -0.3 is 4.98 Å². The molecule has 1 aromatic heterocycles. The standard InChI is InChI=1S/C25H18N4O9S3/c30-39(31,32)17-13-19-18(23(14-17)41(36,37)38)9-10-22(40(33,34)35)25(19)29-28-16-5-3-4-15(12-16)8-11-24-26-20-6-1-2-7-21(20)27-24/h1-14H,(H,26,27)(H,30,31,32)(H,33,34,35)(H,36,37,38). The number of aromatic amines is 1. The van der Waals surface area contributed by atoms with E-state index in [1.807, 2.05) is 24.3 Å². The van der Waals surface area contributed by atoms with Gasteiger partial charge in [-0.2, -0.15) is 30.4 Å². The Kier molecular flexibility index (Phi) is 7.06. The summed E-state index contributed by atoms with van der Waals surface area (Å²) in [6.07, 6.45) is 3.46. The average molecular weight is 615 g/mol. The van der Waals surface area contributed by atoms with Crippen LogP contribution in [0.25, 0.3) is 34.0 Å².